The Bertz CT molecular complexity index is 658. The molecule has 5 nitrogen and oxygen atoms in total. The van der Waals surface area contributed by atoms with Crippen LogP contribution in [-0.2, 0) is 9.59 Å². The van der Waals surface area contributed by atoms with Crippen LogP contribution in [0.25, 0.3) is 10.6 Å². The molecule has 3 rings (SSSR count). The van der Waals surface area contributed by atoms with E-state index in [1.54, 1.807) is 23.2 Å². The molecular formula is C15H17N3O2S2. The summed E-state index contributed by atoms with van der Waals surface area (Å²) in [6, 6.07) is 4.00. The molecule has 1 N–H and O–H groups in total. The third-order valence-corrected chi connectivity index (χ3v) is 5.47. The van der Waals surface area contributed by atoms with Gasteiger partial charge in [-0.1, -0.05) is 6.07 Å². The molecule has 7 heteroatoms. The standard InChI is InChI=1S/C15H17N3O2S2/c1-10(19)18-6-4-11(5-7-18)14(20)17-15-16-12(9-22-15)13-3-2-8-21-13/h2-3,8-9,11H,4-7H2,1H3,(H,16,17,20). The fourth-order valence-corrected chi connectivity index (χ4v) is 4.01. The van der Waals surface area contributed by atoms with E-state index in [2.05, 4.69) is 10.3 Å². The van der Waals surface area contributed by atoms with Gasteiger partial charge in [0.1, 0.15) is 0 Å². The second-order valence-electron chi connectivity index (χ2n) is 5.28. The van der Waals surface area contributed by atoms with Crippen LogP contribution in [-0.4, -0.2) is 34.8 Å². The van der Waals surface area contributed by atoms with Crippen LogP contribution in [0.1, 0.15) is 19.8 Å². The summed E-state index contributed by atoms with van der Waals surface area (Å²) in [5.74, 6) is 0.0549. The molecule has 0 atom stereocenters. The van der Waals surface area contributed by atoms with Gasteiger partial charge in [0.25, 0.3) is 0 Å². The molecule has 0 spiro atoms. The maximum absolute atomic E-state index is 12.3. The van der Waals surface area contributed by atoms with Crippen molar-refractivity contribution in [2.24, 2.45) is 5.92 Å². The highest BCUT2D eigenvalue weighted by Crippen LogP contribution is 2.29. The predicted octanol–water partition coefficient (Wildman–Crippen LogP) is 3.07. The van der Waals surface area contributed by atoms with Crippen LogP contribution in [0.3, 0.4) is 0 Å². The normalized spacial score (nSPS) is 15.8. The van der Waals surface area contributed by atoms with Crippen molar-refractivity contribution in [1.29, 1.82) is 0 Å². The minimum Gasteiger partial charge on any atom is -0.343 e. The van der Waals surface area contributed by atoms with E-state index < -0.39 is 0 Å². The smallest absolute Gasteiger partial charge is 0.229 e. The molecule has 22 heavy (non-hydrogen) atoms. The summed E-state index contributed by atoms with van der Waals surface area (Å²) in [7, 11) is 0. The molecule has 116 valence electrons. The molecule has 1 fully saturated rings. The number of amides is 2. The summed E-state index contributed by atoms with van der Waals surface area (Å²) in [6.45, 7) is 2.89. The molecule has 1 aliphatic rings. The van der Waals surface area contributed by atoms with Crippen molar-refractivity contribution in [3.05, 3.63) is 22.9 Å². The summed E-state index contributed by atoms with van der Waals surface area (Å²) < 4.78 is 0. The first-order valence-electron chi connectivity index (χ1n) is 7.19. The van der Waals surface area contributed by atoms with Crippen LogP contribution < -0.4 is 5.32 Å². The highest BCUT2D eigenvalue weighted by Gasteiger charge is 2.26. The molecular weight excluding hydrogens is 318 g/mol. The minimum absolute atomic E-state index is 0.00952. The number of nitrogens with one attached hydrogen (secondary N) is 1. The van der Waals surface area contributed by atoms with Gasteiger partial charge in [-0.15, -0.1) is 22.7 Å². The summed E-state index contributed by atoms with van der Waals surface area (Å²) in [5.41, 5.74) is 0.904. The number of nitrogens with zero attached hydrogens (tertiary/aromatic N) is 2. The first-order valence-corrected chi connectivity index (χ1v) is 8.95. The summed E-state index contributed by atoms with van der Waals surface area (Å²) >= 11 is 3.08. The molecule has 3 heterocycles. The maximum atomic E-state index is 12.3. The van der Waals surface area contributed by atoms with E-state index in [1.165, 1.54) is 11.3 Å². The second-order valence-corrected chi connectivity index (χ2v) is 7.09. The van der Waals surface area contributed by atoms with Gasteiger partial charge in [-0.25, -0.2) is 4.98 Å². The summed E-state index contributed by atoms with van der Waals surface area (Å²) in [4.78, 5) is 31.0. The second kappa shape index (κ2) is 6.58. The Kier molecular flexibility index (Phi) is 4.54. The van der Waals surface area contributed by atoms with Crippen molar-refractivity contribution in [1.82, 2.24) is 9.88 Å². The van der Waals surface area contributed by atoms with Crippen LogP contribution in [0, 0.1) is 5.92 Å². The number of rotatable bonds is 3. The van der Waals surface area contributed by atoms with E-state index >= 15 is 0 Å². The highest BCUT2D eigenvalue weighted by molar-refractivity contribution is 7.16. The zero-order valence-corrected chi connectivity index (χ0v) is 13.9. The topological polar surface area (TPSA) is 62.3 Å². The van der Waals surface area contributed by atoms with Gasteiger partial charge in [0.05, 0.1) is 10.6 Å². The Balaban J connectivity index is 1.57. The van der Waals surface area contributed by atoms with Crippen LogP contribution in [0.2, 0.25) is 0 Å². The number of piperidine rings is 1. The predicted molar refractivity (Wildman–Crippen MR) is 89.0 cm³/mol. The average molecular weight is 335 g/mol. The van der Waals surface area contributed by atoms with Crippen LogP contribution in [0.15, 0.2) is 22.9 Å². The third-order valence-electron chi connectivity index (χ3n) is 3.82. The van der Waals surface area contributed by atoms with Gasteiger partial charge in [0.2, 0.25) is 11.8 Å². The molecule has 0 aromatic carbocycles. The van der Waals surface area contributed by atoms with Crippen molar-refractivity contribution in [2.75, 3.05) is 18.4 Å². The number of carbonyl (C=O) groups excluding carboxylic acids is 2. The molecule has 1 saturated heterocycles. The molecule has 2 aromatic rings. The Morgan fingerprint density at radius 1 is 1.32 bits per heavy atom. The highest BCUT2D eigenvalue weighted by atomic mass is 32.1. The Morgan fingerprint density at radius 3 is 2.73 bits per heavy atom. The quantitative estimate of drug-likeness (QED) is 0.937. The van der Waals surface area contributed by atoms with Crippen molar-refractivity contribution in [3.8, 4) is 10.6 Å². The first-order chi connectivity index (χ1) is 10.6. The minimum atomic E-state index is -0.0373. The summed E-state index contributed by atoms with van der Waals surface area (Å²) in [5, 5.41) is 7.52. The lowest BCUT2D eigenvalue weighted by Gasteiger charge is -2.30. The van der Waals surface area contributed by atoms with Gasteiger partial charge < -0.3 is 10.2 Å². The van der Waals surface area contributed by atoms with Gasteiger partial charge >= 0.3 is 0 Å². The lowest BCUT2D eigenvalue weighted by Crippen LogP contribution is -2.40. The van der Waals surface area contributed by atoms with E-state index in [1.807, 2.05) is 22.9 Å². The summed E-state index contributed by atoms with van der Waals surface area (Å²) in [6.07, 6.45) is 1.43. The number of thiophene rings is 1. The van der Waals surface area contributed by atoms with Gasteiger partial charge in [-0.2, -0.15) is 0 Å². The van der Waals surface area contributed by atoms with Gasteiger partial charge in [-0.3, -0.25) is 9.59 Å². The van der Waals surface area contributed by atoms with E-state index in [-0.39, 0.29) is 17.7 Å². The van der Waals surface area contributed by atoms with Crippen LogP contribution >= 0.6 is 22.7 Å². The molecule has 0 saturated carbocycles. The van der Waals surface area contributed by atoms with Crippen molar-refractivity contribution in [3.63, 3.8) is 0 Å². The zero-order chi connectivity index (χ0) is 15.5. The Hall–Kier alpha value is -1.73. The zero-order valence-electron chi connectivity index (χ0n) is 12.2. The third kappa shape index (κ3) is 3.36. The number of aromatic nitrogens is 1. The van der Waals surface area contributed by atoms with E-state index in [0.29, 0.717) is 31.1 Å². The SMILES string of the molecule is CC(=O)N1CCC(C(=O)Nc2nc(-c3cccs3)cs2)CC1. The van der Waals surface area contributed by atoms with E-state index in [0.717, 1.165) is 10.6 Å². The number of hydrogen-bond acceptors (Lipinski definition) is 5. The molecule has 0 bridgehead atoms. The fraction of sp³-hybridized carbons (Fsp3) is 0.400. The lowest BCUT2D eigenvalue weighted by atomic mass is 9.96. The van der Waals surface area contributed by atoms with Crippen LogP contribution in [0.4, 0.5) is 5.13 Å². The molecule has 0 aliphatic carbocycles. The Labute approximate surface area is 137 Å². The largest absolute Gasteiger partial charge is 0.343 e. The Morgan fingerprint density at radius 2 is 2.09 bits per heavy atom. The average Bonchev–Trinajstić information content (AvgIpc) is 3.18. The van der Waals surface area contributed by atoms with E-state index in [9.17, 15) is 9.59 Å². The first kappa shape index (κ1) is 15.2. The van der Waals surface area contributed by atoms with E-state index in [4.69, 9.17) is 0 Å². The van der Waals surface area contributed by atoms with Crippen molar-refractivity contribution < 1.29 is 9.59 Å². The van der Waals surface area contributed by atoms with Gasteiger partial charge in [0.15, 0.2) is 5.13 Å². The number of thiazole rings is 1. The molecule has 2 aromatic heterocycles. The molecule has 2 amide bonds. The molecule has 0 unspecified atom stereocenters. The maximum Gasteiger partial charge on any atom is 0.229 e. The van der Waals surface area contributed by atoms with Crippen molar-refractivity contribution >= 4 is 39.6 Å². The van der Waals surface area contributed by atoms with Crippen molar-refractivity contribution in [2.45, 2.75) is 19.8 Å². The van der Waals surface area contributed by atoms with Gasteiger partial charge in [-0.05, 0) is 24.3 Å². The van der Waals surface area contributed by atoms with Crippen LogP contribution in [0.5, 0.6) is 0 Å². The number of likely N-dealkylation sites (tertiary alicyclic amines) is 1. The van der Waals surface area contributed by atoms with Gasteiger partial charge in [0, 0.05) is 31.3 Å². The monoisotopic (exact) mass is 335 g/mol. The number of anilines is 1. The number of hydrogen-bond donors (Lipinski definition) is 1. The fourth-order valence-electron chi connectivity index (χ4n) is 2.53. The lowest BCUT2D eigenvalue weighted by molar-refractivity contribution is -0.132. The molecule has 0 radical (unpaired) electrons. The number of carbonyl (C=O) groups is 2. The molecule has 1 aliphatic heterocycles.